The summed E-state index contributed by atoms with van der Waals surface area (Å²) >= 11 is 0. The van der Waals surface area contributed by atoms with Crippen LogP contribution in [0.4, 0.5) is 17.5 Å². The first kappa shape index (κ1) is 12.4. The molecule has 2 rings (SSSR count). The zero-order chi connectivity index (χ0) is 13.0. The minimum Gasteiger partial charge on any atom is -0.357 e. The zero-order valence-corrected chi connectivity index (χ0v) is 11.0. The summed E-state index contributed by atoms with van der Waals surface area (Å²) < 4.78 is 0. The lowest BCUT2D eigenvalue weighted by Gasteiger charge is -2.08. The van der Waals surface area contributed by atoms with Crippen molar-refractivity contribution in [2.24, 2.45) is 0 Å². The molecule has 4 heteroatoms. The first-order valence-electron chi connectivity index (χ1n) is 6.10. The number of hydrogen-bond donors (Lipinski definition) is 2. The topological polar surface area (TPSA) is 49.8 Å². The minimum absolute atomic E-state index is 0.627. The molecule has 0 saturated heterocycles. The van der Waals surface area contributed by atoms with Crippen LogP contribution in [0.5, 0.6) is 0 Å². The molecule has 0 unspecified atom stereocenters. The van der Waals surface area contributed by atoms with Crippen LogP contribution in [0.1, 0.15) is 18.2 Å². The summed E-state index contributed by atoms with van der Waals surface area (Å²) in [5.74, 6) is 1.43. The van der Waals surface area contributed by atoms with Gasteiger partial charge in [0.05, 0.1) is 0 Å². The Morgan fingerprint density at radius 2 is 1.83 bits per heavy atom. The van der Waals surface area contributed by atoms with Crippen molar-refractivity contribution in [3.05, 3.63) is 41.6 Å². The highest BCUT2D eigenvalue weighted by atomic mass is 15.1. The Balaban J connectivity index is 2.19. The van der Waals surface area contributed by atoms with Crippen LogP contribution in [0.3, 0.4) is 0 Å². The summed E-state index contributed by atoms with van der Waals surface area (Å²) in [5, 5.41) is 6.23. The zero-order valence-electron chi connectivity index (χ0n) is 11.0. The number of aryl methyl sites for hydroxylation is 2. The normalized spacial score (nSPS) is 10.2. The summed E-state index contributed by atoms with van der Waals surface area (Å²) in [4.78, 5) is 8.62. The van der Waals surface area contributed by atoms with E-state index >= 15 is 0 Å². The van der Waals surface area contributed by atoms with Crippen LogP contribution in [-0.2, 0) is 6.42 Å². The lowest BCUT2D eigenvalue weighted by atomic mass is 10.1. The van der Waals surface area contributed by atoms with Gasteiger partial charge in [-0.15, -0.1) is 0 Å². The van der Waals surface area contributed by atoms with Crippen molar-refractivity contribution in [2.75, 3.05) is 17.7 Å². The van der Waals surface area contributed by atoms with Crippen LogP contribution >= 0.6 is 0 Å². The average molecular weight is 242 g/mol. The number of aromatic nitrogens is 2. The fourth-order valence-electron chi connectivity index (χ4n) is 1.72. The Kier molecular flexibility index (Phi) is 3.77. The maximum absolute atomic E-state index is 4.36. The number of rotatable bonds is 4. The third kappa shape index (κ3) is 2.97. The Morgan fingerprint density at radius 3 is 2.44 bits per heavy atom. The van der Waals surface area contributed by atoms with Gasteiger partial charge in [0, 0.05) is 24.5 Å². The standard InChI is InChI=1S/C14H18N4/c1-4-11-5-7-12(8-6-11)17-13-9-10(2)16-14(15-3)18-13/h5-9H,4H2,1-3H3,(H2,15,16,17,18). The lowest BCUT2D eigenvalue weighted by molar-refractivity contribution is 1.10. The molecule has 2 N–H and O–H groups in total. The van der Waals surface area contributed by atoms with E-state index in [-0.39, 0.29) is 0 Å². The third-order valence-corrected chi connectivity index (χ3v) is 2.71. The van der Waals surface area contributed by atoms with E-state index in [1.54, 1.807) is 0 Å². The van der Waals surface area contributed by atoms with Gasteiger partial charge < -0.3 is 10.6 Å². The van der Waals surface area contributed by atoms with Crippen LogP contribution < -0.4 is 10.6 Å². The number of nitrogens with one attached hydrogen (secondary N) is 2. The van der Waals surface area contributed by atoms with Gasteiger partial charge in [-0.2, -0.15) is 4.98 Å². The molecule has 94 valence electrons. The second-order valence-corrected chi connectivity index (χ2v) is 4.14. The molecule has 0 atom stereocenters. The van der Waals surface area contributed by atoms with Gasteiger partial charge in [0.2, 0.25) is 5.95 Å². The number of benzene rings is 1. The molecule has 0 saturated carbocycles. The van der Waals surface area contributed by atoms with Gasteiger partial charge in [0.25, 0.3) is 0 Å². The highest BCUT2D eigenvalue weighted by Crippen LogP contribution is 2.17. The molecule has 4 nitrogen and oxygen atoms in total. The van der Waals surface area contributed by atoms with E-state index in [0.29, 0.717) is 5.95 Å². The largest absolute Gasteiger partial charge is 0.357 e. The van der Waals surface area contributed by atoms with Crippen molar-refractivity contribution in [1.29, 1.82) is 0 Å². The molecule has 1 aromatic heterocycles. The molecule has 2 aromatic rings. The SMILES string of the molecule is CCc1ccc(Nc2cc(C)nc(NC)n2)cc1. The summed E-state index contributed by atoms with van der Waals surface area (Å²) in [7, 11) is 1.81. The molecule has 0 aliphatic carbocycles. The van der Waals surface area contributed by atoms with Gasteiger partial charge in [-0.05, 0) is 31.0 Å². The second kappa shape index (κ2) is 5.49. The van der Waals surface area contributed by atoms with Gasteiger partial charge >= 0.3 is 0 Å². The number of hydrogen-bond acceptors (Lipinski definition) is 4. The maximum atomic E-state index is 4.36. The molecule has 0 bridgehead atoms. The molecule has 0 radical (unpaired) electrons. The van der Waals surface area contributed by atoms with E-state index in [1.165, 1.54) is 5.56 Å². The van der Waals surface area contributed by atoms with Crippen molar-refractivity contribution >= 4 is 17.5 Å². The molecule has 1 aromatic carbocycles. The molecule has 0 aliphatic rings. The first-order chi connectivity index (χ1) is 8.71. The van der Waals surface area contributed by atoms with Crippen LogP contribution in [0.25, 0.3) is 0 Å². The monoisotopic (exact) mass is 242 g/mol. The fraction of sp³-hybridized carbons (Fsp3) is 0.286. The fourth-order valence-corrected chi connectivity index (χ4v) is 1.72. The molecule has 0 spiro atoms. The van der Waals surface area contributed by atoms with Gasteiger partial charge in [0.15, 0.2) is 0 Å². The Bertz CT molecular complexity index is 520. The van der Waals surface area contributed by atoms with E-state index in [2.05, 4.69) is 51.8 Å². The van der Waals surface area contributed by atoms with E-state index < -0.39 is 0 Å². The summed E-state index contributed by atoms with van der Waals surface area (Å²) in [6, 6.07) is 10.3. The van der Waals surface area contributed by atoms with Crippen LogP contribution in [0.15, 0.2) is 30.3 Å². The summed E-state index contributed by atoms with van der Waals surface area (Å²) in [5.41, 5.74) is 3.30. The van der Waals surface area contributed by atoms with Crippen molar-refractivity contribution in [3.63, 3.8) is 0 Å². The van der Waals surface area contributed by atoms with E-state index in [1.807, 2.05) is 20.0 Å². The molecule has 0 amide bonds. The predicted octanol–water partition coefficient (Wildman–Crippen LogP) is 3.13. The highest BCUT2D eigenvalue weighted by molar-refractivity contribution is 5.57. The minimum atomic E-state index is 0.627. The van der Waals surface area contributed by atoms with Gasteiger partial charge in [-0.3, -0.25) is 0 Å². The molecule has 0 aliphatic heterocycles. The van der Waals surface area contributed by atoms with Crippen molar-refractivity contribution in [1.82, 2.24) is 9.97 Å². The van der Waals surface area contributed by atoms with Crippen LogP contribution in [0.2, 0.25) is 0 Å². The van der Waals surface area contributed by atoms with Gasteiger partial charge in [-0.1, -0.05) is 19.1 Å². The maximum Gasteiger partial charge on any atom is 0.224 e. The Labute approximate surface area is 107 Å². The van der Waals surface area contributed by atoms with Crippen LogP contribution in [0, 0.1) is 6.92 Å². The van der Waals surface area contributed by atoms with Crippen LogP contribution in [-0.4, -0.2) is 17.0 Å². The molecule has 1 heterocycles. The Hall–Kier alpha value is -2.10. The highest BCUT2D eigenvalue weighted by Gasteiger charge is 2.01. The van der Waals surface area contributed by atoms with E-state index in [4.69, 9.17) is 0 Å². The predicted molar refractivity (Wildman–Crippen MR) is 75.4 cm³/mol. The smallest absolute Gasteiger partial charge is 0.224 e. The van der Waals surface area contributed by atoms with E-state index in [9.17, 15) is 0 Å². The molecular formula is C14H18N4. The summed E-state index contributed by atoms with van der Waals surface area (Å²) in [6.07, 6.45) is 1.05. The van der Waals surface area contributed by atoms with E-state index in [0.717, 1.165) is 23.6 Å². The number of anilines is 3. The first-order valence-corrected chi connectivity index (χ1v) is 6.10. The lowest BCUT2D eigenvalue weighted by Crippen LogP contribution is -2.01. The number of nitrogens with zero attached hydrogens (tertiary/aromatic N) is 2. The van der Waals surface area contributed by atoms with Crippen molar-refractivity contribution in [3.8, 4) is 0 Å². The van der Waals surface area contributed by atoms with Gasteiger partial charge in [-0.25, -0.2) is 4.98 Å². The molecule has 0 fully saturated rings. The Morgan fingerprint density at radius 1 is 1.11 bits per heavy atom. The molecular weight excluding hydrogens is 224 g/mol. The van der Waals surface area contributed by atoms with Gasteiger partial charge in [0.1, 0.15) is 5.82 Å². The summed E-state index contributed by atoms with van der Waals surface area (Å²) in [6.45, 7) is 4.10. The molecule has 18 heavy (non-hydrogen) atoms. The average Bonchev–Trinajstić information content (AvgIpc) is 2.39. The second-order valence-electron chi connectivity index (χ2n) is 4.14. The third-order valence-electron chi connectivity index (χ3n) is 2.71. The van der Waals surface area contributed by atoms with Crippen molar-refractivity contribution < 1.29 is 0 Å². The quantitative estimate of drug-likeness (QED) is 0.864. The van der Waals surface area contributed by atoms with Crippen molar-refractivity contribution in [2.45, 2.75) is 20.3 Å².